The highest BCUT2D eigenvalue weighted by Crippen LogP contribution is 2.26. The van der Waals surface area contributed by atoms with E-state index in [0.29, 0.717) is 11.1 Å². The summed E-state index contributed by atoms with van der Waals surface area (Å²) in [6.07, 6.45) is 0. The van der Waals surface area contributed by atoms with E-state index in [-0.39, 0.29) is 18.0 Å². The lowest BCUT2D eigenvalue weighted by Crippen LogP contribution is -2.00. The Morgan fingerprint density at radius 3 is 2.67 bits per heavy atom. The van der Waals surface area contributed by atoms with Gasteiger partial charge in [-0.25, -0.2) is 0 Å². The predicted octanol–water partition coefficient (Wildman–Crippen LogP) is 1.07. The van der Waals surface area contributed by atoms with Crippen molar-refractivity contribution in [3.05, 3.63) is 30.3 Å². The summed E-state index contributed by atoms with van der Waals surface area (Å²) in [5, 5.41) is 18.4. The van der Waals surface area contributed by atoms with Gasteiger partial charge in [-0.3, -0.25) is 0 Å². The summed E-state index contributed by atoms with van der Waals surface area (Å²) in [5.41, 5.74) is 6.43. The monoisotopic (exact) mass is 165 g/mol. The van der Waals surface area contributed by atoms with E-state index in [9.17, 15) is 5.11 Å². The number of nitrogens with two attached hydrogens (primary N) is 1. The molecule has 3 nitrogen and oxygen atoms in total. The minimum absolute atomic E-state index is 0.0863. The van der Waals surface area contributed by atoms with Crippen LogP contribution in [-0.2, 0) is 0 Å². The normalized spacial score (nSPS) is 9.75. The van der Waals surface area contributed by atoms with Gasteiger partial charge in [0.15, 0.2) is 0 Å². The number of phenolic OH excluding ortho intramolecular Hbond substituents is 2. The largest absolute Gasteiger partial charge is 0.508 e. The molecule has 0 bridgehead atoms. The zero-order valence-corrected chi connectivity index (χ0v) is 6.62. The van der Waals surface area contributed by atoms with Gasteiger partial charge in [0.1, 0.15) is 11.5 Å². The first-order chi connectivity index (χ1) is 5.65. The van der Waals surface area contributed by atoms with Crippen molar-refractivity contribution in [1.29, 1.82) is 0 Å². The molecule has 0 saturated carbocycles. The van der Waals surface area contributed by atoms with Crippen LogP contribution < -0.4 is 5.73 Å². The van der Waals surface area contributed by atoms with Gasteiger partial charge < -0.3 is 15.9 Å². The van der Waals surface area contributed by atoms with Crippen molar-refractivity contribution in [1.82, 2.24) is 0 Å². The molecule has 12 heavy (non-hydrogen) atoms. The second kappa shape index (κ2) is 3.28. The van der Waals surface area contributed by atoms with E-state index < -0.39 is 0 Å². The average Bonchev–Trinajstić information content (AvgIpc) is 2.08. The van der Waals surface area contributed by atoms with Crippen molar-refractivity contribution in [2.24, 2.45) is 5.73 Å². The fraction of sp³-hybridized carbons (Fsp3) is 0.111. The van der Waals surface area contributed by atoms with Crippen LogP contribution in [0.15, 0.2) is 24.8 Å². The van der Waals surface area contributed by atoms with Gasteiger partial charge in [-0.15, -0.1) is 0 Å². The molecule has 1 aromatic carbocycles. The van der Waals surface area contributed by atoms with Crippen molar-refractivity contribution in [2.45, 2.75) is 0 Å². The molecule has 1 rings (SSSR count). The van der Waals surface area contributed by atoms with Gasteiger partial charge in [-0.05, 0) is 23.8 Å². The summed E-state index contributed by atoms with van der Waals surface area (Å²) in [5.74, 6) is 0.181. The van der Waals surface area contributed by atoms with E-state index in [1.54, 1.807) is 0 Å². The van der Waals surface area contributed by atoms with Gasteiger partial charge in [0.2, 0.25) is 0 Å². The Morgan fingerprint density at radius 1 is 1.42 bits per heavy atom. The first-order valence-corrected chi connectivity index (χ1v) is 3.55. The first-order valence-electron chi connectivity index (χ1n) is 3.55. The lowest BCUT2D eigenvalue weighted by atomic mass is 10.1. The zero-order chi connectivity index (χ0) is 9.14. The van der Waals surface area contributed by atoms with Gasteiger partial charge in [0.25, 0.3) is 0 Å². The van der Waals surface area contributed by atoms with Gasteiger partial charge in [0.05, 0.1) is 0 Å². The Hall–Kier alpha value is -1.48. The number of rotatable bonds is 2. The number of aromatic hydroxyl groups is 2. The molecule has 0 heterocycles. The molecular weight excluding hydrogens is 154 g/mol. The third-order valence-electron chi connectivity index (χ3n) is 1.61. The molecule has 0 saturated heterocycles. The topological polar surface area (TPSA) is 66.5 Å². The SMILES string of the molecule is C=C(CN)c1cc(O)ccc1O. The summed E-state index contributed by atoms with van der Waals surface area (Å²) in [4.78, 5) is 0. The van der Waals surface area contributed by atoms with Crippen LogP contribution in [0.25, 0.3) is 5.57 Å². The van der Waals surface area contributed by atoms with Crippen molar-refractivity contribution < 1.29 is 10.2 Å². The Kier molecular flexibility index (Phi) is 2.35. The van der Waals surface area contributed by atoms with Gasteiger partial charge in [0, 0.05) is 12.1 Å². The summed E-state index contributed by atoms with van der Waals surface area (Å²) in [6, 6.07) is 4.25. The highest BCUT2D eigenvalue weighted by atomic mass is 16.3. The lowest BCUT2D eigenvalue weighted by molar-refractivity contribution is 0.458. The third kappa shape index (κ3) is 1.57. The standard InChI is InChI=1S/C9H11NO2/c1-6(5-10)8-4-7(11)2-3-9(8)12/h2-4,11-12H,1,5,10H2. The van der Waals surface area contributed by atoms with E-state index in [1.807, 2.05) is 0 Å². The Labute approximate surface area is 70.8 Å². The second-order valence-electron chi connectivity index (χ2n) is 2.51. The highest BCUT2D eigenvalue weighted by Gasteiger charge is 2.04. The average molecular weight is 165 g/mol. The van der Waals surface area contributed by atoms with Gasteiger partial charge in [-0.1, -0.05) is 6.58 Å². The highest BCUT2D eigenvalue weighted by molar-refractivity contribution is 5.70. The van der Waals surface area contributed by atoms with Crippen LogP contribution in [0.5, 0.6) is 11.5 Å². The Balaban J connectivity index is 3.13. The van der Waals surface area contributed by atoms with Gasteiger partial charge >= 0.3 is 0 Å². The smallest absolute Gasteiger partial charge is 0.123 e. The van der Waals surface area contributed by atoms with E-state index in [0.717, 1.165) is 0 Å². The minimum atomic E-state index is 0.0863. The number of benzene rings is 1. The molecule has 4 N–H and O–H groups in total. The molecule has 64 valence electrons. The maximum absolute atomic E-state index is 9.31. The van der Waals surface area contributed by atoms with E-state index in [1.165, 1.54) is 18.2 Å². The van der Waals surface area contributed by atoms with E-state index in [4.69, 9.17) is 10.8 Å². The molecule has 0 atom stereocenters. The van der Waals surface area contributed by atoms with Crippen LogP contribution in [-0.4, -0.2) is 16.8 Å². The molecule has 3 heteroatoms. The molecule has 0 aliphatic heterocycles. The maximum atomic E-state index is 9.31. The first kappa shape index (κ1) is 8.62. The molecule has 0 amide bonds. The van der Waals surface area contributed by atoms with Crippen LogP contribution in [0.3, 0.4) is 0 Å². The maximum Gasteiger partial charge on any atom is 0.123 e. The van der Waals surface area contributed by atoms with E-state index >= 15 is 0 Å². The van der Waals surface area contributed by atoms with Crippen LogP contribution in [0.4, 0.5) is 0 Å². The third-order valence-corrected chi connectivity index (χ3v) is 1.61. The molecule has 0 radical (unpaired) electrons. The molecule has 0 unspecified atom stereocenters. The number of phenols is 2. The number of hydrogen-bond donors (Lipinski definition) is 3. The van der Waals surface area contributed by atoms with Crippen LogP contribution in [0.1, 0.15) is 5.56 Å². The van der Waals surface area contributed by atoms with Crippen molar-refractivity contribution in [2.75, 3.05) is 6.54 Å². The summed E-state index contributed by atoms with van der Waals surface area (Å²) >= 11 is 0. The summed E-state index contributed by atoms with van der Waals surface area (Å²) in [7, 11) is 0. The predicted molar refractivity (Wildman–Crippen MR) is 47.9 cm³/mol. The van der Waals surface area contributed by atoms with Crippen LogP contribution in [0, 0.1) is 0 Å². The quantitative estimate of drug-likeness (QED) is 0.574. The van der Waals surface area contributed by atoms with Gasteiger partial charge in [-0.2, -0.15) is 0 Å². The van der Waals surface area contributed by atoms with Crippen molar-refractivity contribution in [3.63, 3.8) is 0 Å². The van der Waals surface area contributed by atoms with Crippen molar-refractivity contribution in [3.8, 4) is 11.5 Å². The molecule has 0 aromatic heterocycles. The van der Waals surface area contributed by atoms with Crippen molar-refractivity contribution >= 4 is 5.57 Å². The lowest BCUT2D eigenvalue weighted by Gasteiger charge is -2.05. The molecule has 0 aliphatic carbocycles. The fourth-order valence-corrected chi connectivity index (χ4v) is 0.917. The minimum Gasteiger partial charge on any atom is -0.508 e. The fourth-order valence-electron chi connectivity index (χ4n) is 0.917. The molecule has 0 aliphatic rings. The zero-order valence-electron chi connectivity index (χ0n) is 6.62. The second-order valence-corrected chi connectivity index (χ2v) is 2.51. The summed E-state index contributed by atoms with van der Waals surface area (Å²) < 4.78 is 0. The van der Waals surface area contributed by atoms with E-state index in [2.05, 4.69) is 6.58 Å². The Morgan fingerprint density at radius 2 is 2.08 bits per heavy atom. The van der Waals surface area contributed by atoms with Crippen LogP contribution >= 0.6 is 0 Å². The summed E-state index contributed by atoms with van der Waals surface area (Å²) in [6.45, 7) is 3.91. The Bertz CT molecular complexity index is 307. The molecule has 0 spiro atoms. The molecule has 1 aromatic rings. The van der Waals surface area contributed by atoms with Crippen LogP contribution in [0.2, 0.25) is 0 Å². The molecular formula is C9H11NO2. The number of hydrogen-bond acceptors (Lipinski definition) is 3. The molecule has 0 fully saturated rings.